The number of likely N-dealkylation sites (tertiary alicyclic amines) is 1. The molecule has 0 aromatic heterocycles. The predicted octanol–water partition coefficient (Wildman–Crippen LogP) is 1.10. The minimum absolute atomic E-state index is 0.106. The maximum absolute atomic E-state index is 12.0. The summed E-state index contributed by atoms with van der Waals surface area (Å²) in [5.41, 5.74) is 5.47. The van der Waals surface area contributed by atoms with Crippen LogP contribution in [0.4, 0.5) is 0 Å². The van der Waals surface area contributed by atoms with Crippen molar-refractivity contribution in [3.63, 3.8) is 0 Å². The van der Waals surface area contributed by atoms with Crippen molar-refractivity contribution in [3.05, 3.63) is 0 Å². The highest BCUT2D eigenvalue weighted by atomic mass is 16.1. The van der Waals surface area contributed by atoms with Crippen LogP contribution in [0.5, 0.6) is 0 Å². The first-order valence-electron chi connectivity index (χ1n) is 7.45. The molecule has 0 aromatic rings. The van der Waals surface area contributed by atoms with Crippen LogP contribution >= 0.6 is 0 Å². The molecule has 1 heterocycles. The first kappa shape index (κ1) is 13.8. The number of carbonyl (C=O) groups excluding carboxylic acids is 1. The van der Waals surface area contributed by atoms with Gasteiger partial charge >= 0.3 is 0 Å². The van der Waals surface area contributed by atoms with Gasteiger partial charge in [-0.2, -0.15) is 0 Å². The van der Waals surface area contributed by atoms with E-state index in [0.717, 1.165) is 44.8 Å². The minimum atomic E-state index is 0.106. The van der Waals surface area contributed by atoms with Crippen LogP contribution in [-0.2, 0) is 4.79 Å². The Morgan fingerprint density at radius 1 is 1.33 bits per heavy atom. The van der Waals surface area contributed by atoms with Crippen molar-refractivity contribution >= 4 is 5.91 Å². The Balaban J connectivity index is 1.65. The van der Waals surface area contributed by atoms with Crippen molar-refractivity contribution in [2.45, 2.75) is 57.5 Å². The van der Waals surface area contributed by atoms with E-state index in [-0.39, 0.29) is 11.8 Å². The van der Waals surface area contributed by atoms with Gasteiger partial charge in [0.2, 0.25) is 5.91 Å². The van der Waals surface area contributed by atoms with Crippen LogP contribution in [0.3, 0.4) is 0 Å². The molecule has 3 N–H and O–H groups in total. The van der Waals surface area contributed by atoms with Crippen LogP contribution in [0.1, 0.15) is 45.4 Å². The fraction of sp³-hybridized carbons (Fsp3) is 0.929. The van der Waals surface area contributed by atoms with Crippen LogP contribution in [-0.4, -0.2) is 42.5 Å². The van der Waals surface area contributed by atoms with Crippen molar-refractivity contribution < 1.29 is 4.79 Å². The molecule has 1 atom stereocenters. The molecule has 2 fully saturated rings. The number of piperidine rings is 1. The highest BCUT2D eigenvalue weighted by molar-refractivity contribution is 5.78. The van der Waals surface area contributed by atoms with Crippen LogP contribution in [0.25, 0.3) is 0 Å². The van der Waals surface area contributed by atoms with Gasteiger partial charge in [0, 0.05) is 31.1 Å². The Bertz CT molecular complexity index is 270. The predicted molar refractivity (Wildman–Crippen MR) is 73.2 cm³/mol. The summed E-state index contributed by atoms with van der Waals surface area (Å²) in [6.45, 7) is 5.00. The minimum Gasteiger partial charge on any atom is -0.353 e. The molecule has 0 aromatic carbocycles. The average molecular weight is 253 g/mol. The van der Waals surface area contributed by atoms with E-state index in [4.69, 9.17) is 5.73 Å². The Labute approximate surface area is 110 Å². The van der Waals surface area contributed by atoms with Gasteiger partial charge in [-0.3, -0.25) is 4.79 Å². The molecule has 0 bridgehead atoms. The molecule has 4 nitrogen and oxygen atoms in total. The molecule has 2 rings (SSSR count). The SMILES string of the molecule is CC(CCCN)C(=O)NC1CCN(C2CC2)CC1. The summed E-state index contributed by atoms with van der Waals surface area (Å²) < 4.78 is 0. The lowest BCUT2D eigenvalue weighted by Gasteiger charge is -2.32. The summed E-state index contributed by atoms with van der Waals surface area (Å²) in [5.74, 6) is 0.323. The van der Waals surface area contributed by atoms with Gasteiger partial charge < -0.3 is 16.0 Å². The summed E-state index contributed by atoms with van der Waals surface area (Å²) in [6, 6.07) is 1.26. The molecule has 1 amide bonds. The van der Waals surface area contributed by atoms with E-state index in [9.17, 15) is 4.79 Å². The van der Waals surface area contributed by atoms with E-state index >= 15 is 0 Å². The van der Waals surface area contributed by atoms with Crippen LogP contribution in [0.2, 0.25) is 0 Å². The Morgan fingerprint density at radius 3 is 2.56 bits per heavy atom. The third kappa shape index (κ3) is 3.95. The van der Waals surface area contributed by atoms with Gasteiger partial charge in [-0.1, -0.05) is 6.92 Å². The standard InChI is InChI=1S/C14H27N3O/c1-11(3-2-8-15)14(18)16-12-6-9-17(10-7-12)13-4-5-13/h11-13H,2-10,15H2,1H3,(H,16,18). The van der Waals surface area contributed by atoms with E-state index in [1.807, 2.05) is 6.92 Å². The van der Waals surface area contributed by atoms with Gasteiger partial charge in [0.15, 0.2) is 0 Å². The molecule has 4 heteroatoms. The fourth-order valence-corrected chi connectivity index (χ4v) is 2.75. The lowest BCUT2D eigenvalue weighted by Crippen LogP contribution is -2.46. The number of nitrogens with two attached hydrogens (primary N) is 1. The third-order valence-electron chi connectivity index (χ3n) is 4.23. The van der Waals surface area contributed by atoms with Gasteiger partial charge in [-0.15, -0.1) is 0 Å². The number of nitrogens with zero attached hydrogens (tertiary/aromatic N) is 1. The molecule has 2 aliphatic rings. The first-order chi connectivity index (χ1) is 8.70. The molecule has 1 unspecified atom stereocenters. The van der Waals surface area contributed by atoms with Crippen molar-refractivity contribution in [1.82, 2.24) is 10.2 Å². The van der Waals surface area contributed by atoms with Gasteiger partial charge in [-0.25, -0.2) is 0 Å². The second-order valence-electron chi connectivity index (χ2n) is 5.88. The van der Waals surface area contributed by atoms with E-state index in [0.29, 0.717) is 12.6 Å². The Hall–Kier alpha value is -0.610. The maximum atomic E-state index is 12.0. The second kappa shape index (κ2) is 6.53. The van der Waals surface area contributed by atoms with Gasteiger partial charge in [0.1, 0.15) is 0 Å². The molecule has 18 heavy (non-hydrogen) atoms. The topological polar surface area (TPSA) is 58.4 Å². The van der Waals surface area contributed by atoms with Crippen molar-refractivity contribution in [2.75, 3.05) is 19.6 Å². The van der Waals surface area contributed by atoms with Crippen LogP contribution < -0.4 is 11.1 Å². The molecule has 104 valence electrons. The number of nitrogens with one attached hydrogen (secondary N) is 1. The maximum Gasteiger partial charge on any atom is 0.223 e. The van der Waals surface area contributed by atoms with E-state index in [1.54, 1.807) is 0 Å². The highest BCUT2D eigenvalue weighted by Gasteiger charge is 2.32. The Morgan fingerprint density at radius 2 is 2.00 bits per heavy atom. The van der Waals surface area contributed by atoms with Crippen LogP contribution in [0.15, 0.2) is 0 Å². The molecule has 1 aliphatic carbocycles. The van der Waals surface area contributed by atoms with Gasteiger partial charge in [-0.05, 0) is 45.1 Å². The highest BCUT2D eigenvalue weighted by Crippen LogP contribution is 2.29. The smallest absolute Gasteiger partial charge is 0.223 e. The summed E-state index contributed by atoms with van der Waals surface area (Å²) in [7, 11) is 0. The lowest BCUT2D eigenvalue weighted by atomic mass is 10.0. The zero-order valence-electron chi connectivity index (χ0n) is 11.5. The molecule has 1 aliphatic heterocycles. The zero-order valence-corrected chi connectivity index (χ0v) is 11.5. The molecule has 1 saturated carbocycles. The molecular formula is C14H27N3O. The van der Waals surface area contributed by atoms with E-state index < -0.39 is 0 Å². The monoisotopic (exact) mass is 253 g/mol. The number of rotatable bonds is 6. The summed E-state index contributed by atoms with van der Waals surface area (Å²) >= 11 is 0. The molecule has 0 radical (unpaired) electrons. The number of hydrogen-bond acceptors (Lipinski definition) is 3. The summed E-state index contributed by atoms with van der Waals surface area (Å²) in [5, 5.41) is 3.20. The molecule has 1 saturated heterocycles. The normalized spacial score (nSPS) is 23.9. The molecular weight excluding hydrogens is 226 g/mol. The Kier molecular flexibility index (Phi) is 5.01. The fourth-order valence-electron chi connectivity index (χ4n) is 2.75. The summed E-state index contributed by atoms with van der Waals surface area (Å²) in [4.78, 5) is 14.6. The van der Waals surface area contributed by atoms with Gasteiger partial charge in [0.25, 0.3) is 0 Å². The molecule has 0 spiro atoms. The third-order valence-corrected chi connectivity index (χ3v) is 4.23. The number of amides is 1. The zero-order chi connectivity index (χ0) is 13.0. The number of carbonyl (C=O) groups is 1. The van der Waals surface area contributed by atoms with Crippen LogP contribution in [0, 0.1) is 5.92 Å². The largest absolute Gasteiger partial charge is 0.353 e. The first-order valence-corrected chi connectivity index (χ1v) is 7.45. The lowest BCUT2D eigenvalue weighted by molar-refractivity contribution is -0.125. The number of hydrogen-bond donors (Lipinski definition) is 2. The van der Waals surface area contributed by atoms with Crippen molar-refractivity contribution in [2.24, 2.45) is 11.7 Å². The average Bonchev–Trinajstić information content (AvgIpc) is 3.21. The van der Waals surface area contributed by atoms with Crippen molar-refractivity contribution in [1.29, 1.82) is 0 Å². The second-order valence-corrected chi connectivity index (χ2v) is 5.88. The van der Waals surface area contributed by atoms with E-state index in [1.165, 1.54) is 12.8 Å². The quantitative estimate of drug-likeness (QED) is 0.745. The van der Waals surface area contributed by atoms with Crippen molar-refractivity contribution in [3.8, 4) is 0 Å². The van der Waals surface area contributed by atoms with Gasteiger partial charge in [0.05, 0.1) is 0 Å². The summed E-state index contributed by atoms with van der Waals surface area (Å²) in [6.07, 6.45) is 6.84. The van der Waals surface area contributed by atoms with E-state index in [2.05, 4.69) is 10.2 Å².